The van der Waals surface area contributed by atoms with E-state index >= 15 is 0 Å². The summed E-state index contributed by atoms with van der Waals surface area (Å²) in [6.07, 6.45) is 0.861. The predicted octanol–water partition coefficient (Wildman–Crippen LogP) is 1.21. The van der Waals surface area contributed by atoms with Crippen LogP contribution < -0.4 is 14.9 Å². The van der Waals surface area contributed by atoms with Crippen molar-refractivity contribution in [2.24, 2.45) is 0 Å². The molecule has 34 heavy (non-hydrogen) atoms. The van der Waals surface area contributed by atoms with E-state index in [1.807, 2.05) is 29.3 Å². The Labute approximate surface area is 199 Å². The third-order valence-electron chi connectivity index (χ3n) is 6.51. The summed E-state index contributed by atoms with van der Waals surface area (Å²) in [5.41, 5.74) is 1.35. The number of rotatable bonds is 1. The molecule has 3 aromatic rings. The van der Waals surface area contributed by atoms with Gasteiger partial charge in [0.25, 0.3) is 0 Å². The Kier molecular flexibility index (Phi) is 4.98. The van der Waals surface area contributed by atoms with E-state index in [9.17, 15) is 23.5 Å². The average molecular weight is 530 g/mol. The summed E-state index contributed by atoms with van der Waals surface area (Å²) in [6.45, 7) is 0.765. The van der Waals surface area contributed by atoms with E-state index in [0.717, 1.165) is 10.0 Å². The van der Waals surface area contributed by atoms with Crippen molar-refractivity contribution in [1.29, 1.82) is 0 Å². The van der Waals surface area contributed by atoms with E-state index in [2.05, 4.69) is 0 Å². The molecule has 1 saturated heterocycles. The van der Waals surface area contributed by atoms with Gasteiger partial charge in [-0.3, -0.25) is 0 Å². The van der Waals surface area contributed by atoms with Crippen molar-refractivity contribution in [2.75, 3.05) is 24.8 Å². The zero-order valence-electron chi connectivity index (χ0n) is 17.8. The fraction of sp³-hybridized carbons (Fsp3) is 0.250. The SMILES string of the molecule is O=C1c2c(O)c(=O)ccn2N([C@H]2c3cc(F)c(F)cc3C[Se]c3ccccc32)[C@@H]2COCCN12. The Morgan fingerprint density at radius 3 is 2.71 bits per heavy atom. The Bertz CT molecular complexity index is 1400. The first-order valence-corrected chi connectivity index (χ1v) is 12.8. The number of nitrogens with zero attached hydrogens (tertiary/aromatic N) is 3. The molecule has 174 valence electrons. The summed E-state index contributed by atoms with van der Waals surface area (Å²) in [5.74, 6) is -2.98. The molecule has 0 spiro atoms. The number of carbonyl (C=O) groups excluding carboxylic acids is 1. The van der Waals surface area contributed by atoms with Crippen LogP contribution in [0.5, 0.6) is 5.75 Å². The molecule has 1 N–H and O–H groups in total. The molecule has 3 aliphatic rings. The van der Waals surface area contributed by atoms with Crippen LogP contribution in [0.2, 0.25) is 0 Å². The van der Waals surface area contributed by atoms with E-state index in [1.54, 1.807) is 4.90 Å². The van der Waals surface area contributed by atoms with Crippen LogP contribution >= 0.6 is 0 Å². The van der Waals surface area contributed by atoms with Gasteiger partial charge in [-0.2, -0.15) is 0 Å². The van der Waals surface area contributed by atoms with Gasteiger partial charge in [-0.1, -0.05) is 0 Å². The molecule has 0 saturated carbocycles. The van der Waals surface area contributed by atoms with Crippen LogP contribution in [0.1, 0.15) is 33.2 Å². The van der Waals surface area contributed by atoms with Crippen LogP contribution in [-0.4, -0.2) is 61.5 Å². The molecule has 2 aromatic carbocycles. The van der Waals surface area contributed by atoms with Gasteiger partial charge >= 0.3 is 199 Å². The number of hydrogen-bond acceptors (Lipinski definition) is 5. The summed E-state index contributed by atoms with van der Waals surface area (Å²) in [5, 5.41) is 13.0. The Morgan fingerprint density at radius 1 is 1.06 bits per heavy atom. The summed E-state index contributed by atoms with van der Waals surface area (Å²) in [4.78, 5) is 27.1. The molecule has 3 aliphatic heterocycles. The van der Waals surface area contributed by atoms with E-state index in [4.69, 9.17) is 4.74 Å². The number of aromatic hydroxyl groups is 1. The van der Waals surface area contributed by atoms with Crippen molar-refractivity contribution >= 4 is 25.3 Å². The first-order valence-electron chi connectivity index (χ1n) is 10.8. The van der Waals surface area contributed by atoms with Crippen molar-refractivity contribution in [3.8, 4) is 5.75 Å². The number of benzene rings is 2. The van der Waals surface area contributed by atoms with Gasteiger partial charge in [0.15, 0.2) is 0 Å². The normalized spacial score (nSPS) is 21.3. The van der Waals surface area contributed by atoms with Gasteiger partial charge in [-0.15, -0.1) is 0 Å². The van der Waals surface area contributed by atoms with Crippen molar-refractivity contribution in [3.63, 3.8) is 0 Å². The number of fused-ring (bicyclic) bond motifs is 4. The van der Waals surface area contributed by atoms with Crippen molar-refractivity contribution in [3.05, 3.63) is 92.9 Å². The monoisotopic (exact) mass is 531 g/mol. The Hall–Kier alpha value is -3.20. The number of hydrogen-bond donors (Lipinski definition) is 1. The number of ether oxygens (including phenoxy) is 1. The quantitative estimate of drug-likeness (QED) is 0.479. The van der Waals surface area contributed by atoms with Gasteiger partial charge in [-0.25, -0.2) is 0 Å². The van der Waals surface area contributed by atoms with Gasteiger partial charge in [0.05, 0.1) is 0 Å². The number of halogens is 2. The van der Waals surface area contributed by atoms with Gasteiger partial charge < -0.3 is 0 Å². The molecule has 0 aliphatic carbocycles. The number of aromatic nitrogens is 1. The fourth-order valence-electron chi connectivity index (χ4n) is 4.96. The van der Waals surface area contributed by atoms with Gasteiger partial charge in [0.1, 0.15) is 0 Å². The zero-order valence-corrected chi connectivity index (χ0v) is 19.5. The summed E-state index contributed by atoms with van der Waals surface area (Å²) in [6, 6.07) is 10.8. The molecular formula is C24H19F2N3O4Se. The predicted molar refractivity (Wildman–Crippen MR) is 120 cm³/mol. The maximum atomic E-state index is 14.6. The second-order valence-electron chi connectivity index (χ2n) is 8.35. The topological polar surface area (TPSA) is 75.0 Å². The maximum absolute atomic E-state index is 14.6. The fourth-order valence-corrected chi connectivity index (χ4v) is 7.23. The van der Waals surface area contributed by atoms with Crippen molar-refractivity contribution < 1.29 is 23.4 Å². The molecular weight excluding hydrogens is 511 g/mol. The van der Waals surface area contributed by atoms with Crippen LogP contribution in [0, 0.1) is 11.6 Å². The van der Waals surface area contributed by atoms with E-state index in [-0.39, 0.29) is 33.8 Å². The molecule has 7 nitrogen and oxygen atoms in total. The summed E-state index contributed by atoms with van der Waals surface area (Å²) in [7, 11) is 0. The van der Waals surface area contributed by atoms with E-state index in [0.29, 0.717) is 23.1 Å². The van der Waals surface area contributed by atoms with Crippen molar-refractivity contribution in [2.45, 2.75) is 17.5 Å². The van der Waals surface area contributed by atoms with Crippen LogP contribution in [0.15, 0.2) is 53.5 Å². The zero-order chi connectivity index (χ0) is 23.6. The molecule has 6 rings (SSSR count). The van der Waals surface area contributed by atoms with E-state index in [1.165, 1.54) is 29.1 Å². The summed E-state index contributed by atoms with van der Waals surface area (Å²) < 4.78 is 37.1. The molecule has 0 radical (unpaired) electrons. The number of carbonyl (C=O) groups is 1. The minimum atomic E-state index is -0.955. The van der Waals surface area contributed by atoms with Crippen molar-refractivity contribution in [1.82, 2.24) is 9.58 Å². The van der Waals surface area contributed by atoms with Gasteiger partial charge in [0, 0.05) is 0 Å². The Morgan fingerprint density at radius 2 is 1.85 bits per heavy atom. The van der Waals surface area contributed by atoms with Gasteiger partial charge in [0.2, 0.25) is 0 Å². The minimum absolute atomic E-state index is 0.0345. The molecule has 10 heteroatoms. The first kappa shape index (κ1) is 21.3. The number of pyridine rings is 1. The van der Waals surface area contributed by atoms with Crippen LogP contribution in [0.3, 0.4) is 0 Å². The average Bonchev–Trinajstić information content (AvgIpc) is 2.99. The molecule has 2 atom stereocenters. The van der Waals surface area contributed by atoms with Crippen LogP contribution in [0.25, 0.3) is 0 Å². The van der Waals surface area contributed by atoms with E-state index < -0.39 is 40.9 Å². The molecule has 0 unspecified atom stereocenters. The molecule has 1 amide bonds. The van der Waals surface area contributed by atoms with Crippen LogP contribution in [-0.2, 0) is 10.1 Å². The number of amides is 1. The van der Waals surface area contributed by atoms with Crippen LogP contribution in [0.4, 0.5) is 8.78 Å². The summed E-state index contributed by atoms with van der Waals surface area (Å²) >= 11 is -0.0345. The number of morpholine rings is 1. The Balaban J connectivity index is 1.67. The first-order chi connectivity index (χ1) is 16.5. The standard InChI is InChI=1S/C24H19F2N3O4Se/c25-16-9-13-12-34-19-4-2-1-3-14(19)21(15(13)10-17(16)26)29-20-11-33-8-7-27(20)24(32)22-23(31)18(30)5-6-28(22)29/h1-6,9-10,20-21,31H,7-8,11-12H2/t20-,21-/m1/s1. The second kappa shape index (κ2) is 7.94. The molecule has 0 bridgehead atoms. The third kappa shape index (κ3) is 3.10. The molecule has 4 heterocycles. The molecule has 1 aromatic heterocycles. The second-order valence-corrected chi connectivity index (χ2v) is 10.5. The third-order valence-corrected chi connectivity index (χ3v) is 8.90. The van der Waals surface area contributed by atoms with Gasteiger partial charge in [-0.05, 0) is 0 Å². The molecule has 1 fully saturated rings.